The van der Waals surface area contributed by atoms with Crippen molar-refractivity contribution in [1.29, 1.82) is 0 Å². The molecule has 2 nitrogen and oxygen atoms in total. The fourth-order valence-corrected chi connectivity index (χ4v) is 2.52. The molecule has 1 fully saturated rings. The fraction of sp³-hybridized carbons (Fsp3) is 0.533. The summed E-state index contributed by atoms with van der Waals surface area (Å²) < 4.78 is 0. The zero-order valence-corrected chi connectivity index (χ0v) is 11.0. The molecule has 0 aromatic rings. The first-order valence-electron chi connectivity index (χ1n) is 6.10. The zero-order chi connectivity index (χ0) is 13.1. The van der Waals surface area contributed by atoms with Crippen LogP contribution in [0.25, 0.3) is 0 Å². The van der Waals surface area contributed by atoms with E-state index in [0.717, 1.165) is 12.0 Å². The number of rotatable bonds is 3. The second kappa shape index (κ2) is 5.35. The summed E-state index contributed by atoms with van der Waals surface area (Å²) >= 11 is 0. The van der Waals surface area contributed by atoms with Gasteiger partial charge in [-0.3, -0.25) is 0 Å². The summed E-state index contributed by atoms with van der Waals surface area (Å²) in [5.74, 6) is -0.540. The topological polar surface area (TPSA) is 37.3 Å². The molecule has 0 amide bonds. The highest BCUT2D eigenvalue weighted by molar-refractivity contribution is 5.81. The number of carbonyl (C=O) groups is 1. The fourth-order valence-electron chi connectivity index (χ4n) is 2.52. The van der Waals surface area contributed by atoms with Crippen LogP contribution in [-0.2, 0) is 4.79 Å². The highest BCUT2D eigenvalue weighted by Gasteiger charge is 2.32. The van der Waals surface area contributed by atoms with E-state index in [4.69, 9.17) is 5.11 Å². The van der Waals surface area contributed by atoms with Gasteiger partial charge in [0.25, 0.3) is 0 Å². The molecule has 2 heteroatoms. The van der Waals surface area contributed by atoms with E-state index in [1.807, 2.05) is 13.0 Å². The first-order valence-corrected chi connectivity index (χ1v) is 6.10. The minimum Gasteiger partial charge on any atom is -0.478 e. The molecule has 1 aliphatic rings. The van der Waals surface area contributed by atoms with Gasteiger partial charge in [0.15, 0.2) is 0 Å². The van der Waals surface area contributed by atoms with Gasteiger partial charge in [-0.1, -0.05) is 38.2 Å². The average molecular weight is 234 g/mol. The number of hydrogen-bond donors (Lipinski definition) is 1. The van der Waals surface area contributed by atoms with Gasteiger partial charge in [-0.2, -0.15) is 0 Å². The van der Waals surface area contributed by atoms with Gasteiger partial charge in [-0.05, 0) is 37.2 Å². The number of carboxylic acid groups (broad SMARTS) is 1. The summed E-state index contributed by atoms with van der Waals surface area (Å²) in [4.78, 5) is 10.5. The Morgan fingerprint density at radius 1 is 1.53 bits per heavy atom. The van der Waals surface area contributed by atoms with Crippen LogP contribution in [0.1, 0.15) is 40.0 Å². The van der Waals surface area contributed by atoms with Crippen molar-refractivity contribution in [3.05, 3.63) is 36.0 Å². The van der Waals surface area contributed by atoms with Crippen LogP contribution in [-0.4, -0.2) is 11.1 Å². The van der Waals surface area contributed by atoms with Crippen molar-refractivity contribution in [3.8, 4) is 0 Å². The molecule has 0 unspecified atom stereocenters. The van der Waals surface area contributed by atoms with E-state index in [-0.39, 0.29) is 5.41 Å². The Hall–Kier alpha value is -1.31. The highest BCUT2D eigenvalue weighted by atomic mass is 16.4. The predicted octanol–water partition coefficient (Wildman–Crippen LogP) is 3.96. The van der Waals surface area contributed by atoms with Gasteiger partial charge in [0.1, 0.15) is 0 Å². The van der Waals surface area contributed by atoms with Crippen molar-refractivity contribution >= 4 is 5.97 Å². The summed E-state index contributed by atoms with van der Waals surface area (Å²) in [5.41, 5.74) is 2.27. The molecule has 94 valence electrons. The number of allylic oxidation sites excluding steroid dienone is 4. The molecule has 0 aromatic carbocycles. The lowest BCUT2D eigenvalue weighted by atomic mass is 9.66. The molecule has 17 heavy (non-hydrogen) atoms. The molecule has 1 saturated carbocycles. The number of hydrogen-bond acceptors (Lipinski definition) is 1. The lowest BCUT2D eigenvalue weighted by molar-refractivity contribution is -0.131. The molecule has 0 aliphatic heterocycles. The molecular formula is C15H22O2. The van der Waals surface area contributed by atoms with Crippen molar-refractivity contribution in [3.63, 3.8) is 0 Å². The van der Waals surface area contributed by atoms with Crippen LogP contribution >= 0.6 is 0 Å². The second-order valence-electron chi connectivity index (χ2n) is 5.56. The summed E-state index contributed by atoms with van der Waals surface area (Å²) in [6.07, 6.45) is 8.73. The maximum Gasteiger partial charge on any atom is 0.328 e. The molecule has 0 bridgehead atoms. The third-order valence-corrected chi connectivity index (χ3v) is 3.50. The van der Waals surface area contributed by atoms with Crippen molar-refractivity contribution in [2.45, 2.75) is 40.0 Å². The summed E-state index contributed by atoms with van der Waals surface area (Å²) in [6, 6.07) is 0. The monoisotopic (exact) mass is 234 g/mol. The molecule has 0 radical (unpaired) electrons. The van der Waals surface area contributed by atoms with E-state index >= 15 is 0 Å². The van der Waals surface area contributed by atoms with E-state index in [9.17, 15) is 4.79 Å². The molecular weight excluding hydrogens is 212 g/mol. The van der Waals surface area contributed by atoms with Gasteiger partial charge in [0, 0.05) is 12.0 Å². The Labute approximate surface area is 104 Å². The number of carboxylic acids is 1. The first-order chi connectivity index (χ1) is 7.83. The summed E-state index contributed by atoms with van der Waals surface area (Å²) in [7, 11) is 0. The normalized spacial score (nSPS) is 25.2. The van der Waals surface area contributed by atoms with Crippen LogP contribution in [0.15, 0.2) is 36.0 Å². The van der Waals surface area contributed by atoms with Crippen LogP contribution in [0.2, 0.25) is 0 Å². The standard InChI is InChI=1S/C15H22O2/c1-11(10-14(16)17)7-8-13-12(2)6-5-9-15(13,3)4/h7-8,10,13H,2,5-6,9H2,1,3-4H3,(H,16,17)/t13-/m0/s1. The average Bonchev–Trinajstić information content (AvgIpc) is 2.14. The second-order valence-corrected chi connectivity index (χ2v) is 5.56. The molecule has 1 aliphatic carbocycles. The van der Waals surface area contributed by atoms with Gasteiger partial charge in [0.2, 0.25) is 0 Å². The van der Waals surface area contributed by atoms with Crippen molar-refractivity contribution in [2.75, 3.05) is 0 Å². The maximum atomic E-state index is 10.5. The predicted molar refractivity (Wildman–Crippen MR) is 70.8 cm³/mol. The first kappa shape index (κ1) is 13.8. The molecule has 0 heterocycles. The third-order valence-electron chi connectivity index (χ3n) is 3.50. The highest BCUT2D eigenvalue weighted by Crippen LogP contribution is 2.43. The lowest BCUT2D eigenvalue weighted by Crippen LogP contribution is -2.27. The lowest BCUT2D eigenvalue weighted by Gasteiger charge is -2.38. The Balaban J connectivity index is 2.81. The molecule has 1 atom stereocenters. The van der Waals surface area contributed by atoms with Gasteiger partial charge in [0.05, 0.1) is 0 Å². The molecule has 0 aromatic heterocycles. The Kier molecular flexibility index (Phi) is 4.33. The van der Waals surface area contributed by atoms with E-state index in [1.165, 1.54) is 24.5 Å². The van der Waals surface area contributed by atoms with Gasteiger partial charge in [-0.15, -0.1) is 0 Å². The van der Waals surface area contributed by atoms with Crippen LogP contribution in [0.4, 0.5) is 0 Å². The Morgan fingerprint density at radius 3 is 2.71 bits per heavy atom. The van der Waals surface area contributed by atoms with Crippen molar-refractivity contribution < 1.29 is 9.90 Å². The largest absolute Gasteiger partial charge is 0.478 e. The maximum absolute atomic E-state index is 10.5. The van der Waals surface area contributed by atoms with Crippen LogP contribution in [0, 0.1) is 11.3 Å². The van der Waals surface area contributed by atoms with E-state index < -0.39 is 5.97 Å². The Morgan fingerprint density at radius 2 is 2.18 bits per heavy atom. The van der Waals surface area contributed by atoms with Crippen LogP contribution in [0.5, 0.6) is 0 Å². The zero-order valence-electron chi connectivity index (χ0n) is 11.0. The molecule has 1 rings (SSSR count). The van der Waals surface area contributed by atoms with Crippen molar-refractivity contribution in [1.82, 2.24) is 0 Å². The summed E-state index contributed by atoms with van der Waals surface area (Å²) in [5, 5.41) is 8.65. The van der Waals surface area contributed by atoms with Crippen LogP contribution in [0.3, 0.4) is 0 Å². The van der Waals surface area contributed by atoms with Crippen LogP contribution < -0.4 is 0 Å². The van der Waals surface area contributed by atoms with E-state index in [1.54, 1.807) is 0 Å². The minimum atomic E-state index is -0.895. The van der Waals surface area contributed by atoms with Crippen molar-refractivity contribution in [2.24, 2.45) is 11.3 Å². The van der Waals surface area contributed by atoms with Gasteiger partial charge >= 0.3 is 5.97 Å². The molecule has 0 saturated heterocycles. The van der Waals surface area contributed by atoms with E-state index in [2.05, 4.69) is 26.5 Å². The number of aliphatic carboxylic acids is 1. The quantitative estimate of drug-likeness (QED) is 0.456. The Bertz CT molecular complexity index is 372. The summed E-state index contributed by atoms with van der Waals surface area (Å²) in [6.45, 7) is 10.5. The van der Waals surface area contributed by atoms with Gasteiger partial charge in [-0.25, -0.2) is 4.79 Å². The SMILES string of the molecule is C=C1CCCC(C)(C)[C@H]1C=CC(C)=CC(=O)O. The third kappa shape index (κ3) is 3.88. The molecule has 0 spiro atoms. The van der Waals surface area contributed by atoms with E-state index in [0.29, 0.717) is 5.92 Å². The minimum absolute atomic E-state index is 0.231. The molecule has 1 N–H and O–H groups in total. The smallest absolute Gasteiger partial charge is 0.328 e. The van der Waals surface area contributed by atoms with Gasteiger partial charge < -0.3 is 5.11 Å².